The molecular formula is C6H15NO5S2. The third kappa shape index (κ3) is 4.58. The van der Waals surface area contributed by atoms with Crippen molar-refractivity contribution in [3.63, 3.8) is 0 Å². The minimum absolute atomic E-state index is 0.0469. The fraction of sp³-hybridized carbons (Fsp3) is 1.00. The van der Waals surface area contributed by atoms with E-state index in [2.05, 4.69) is 8.91 Å². The molecule has 0 radical (unpaired) electrons. The zero-order valence-corrected chi connectivity index (χ0v) is 9.47. The van der Waals surface area contributed by atoms with E-state index in [0.717, 1.165) is 6.26 Å². The van der Waals surface area contributed by atoms with Crippen LogP contribution in [-0.2, 0) is 14.3 Å². The fourth-order valence-corrected chi connectivity index (χ4v) is 3.06. The third-order valence-electron chi connectivity index (χ3n) is 1.82. The van der Waals surface area contributed by atoms with E-state index in [-0.39, 0.29) is 12.6 Å². The van der Waals surface area contributed by atoms with Crippen LogP contribution in [0.5, 0.6) is 0 Å². The van der Waals surface area contributed by atoms with Gasteiger partial charge in [0.1, 0.15) is 0 Å². The van der Waals surface area contributed by atoms with Crippen LogP contribution in [0.1, 0.15) is 12.8 Å². The van der Waals surface area contributed by atoms with Crippen LogP contribution in [-0.4, -0.2) is 42.2 Å². The first kappa shape index (κ1) is 12.2. The van der Waals surface area contributed by atoms with Crippen molar-refractivity contribution in [1.82, 2.24) is 4.72 Å². The standard InChI is InChI=1S/C6H15NO5S2/c1-13(8,9)12-5-6-3-2-4-14(10,11)7-6/h6-7,10-11H,2-5H2,1H3. The Kier molecular flexibility index (Phi) is 3.78. The van der Waals surface area contributed by atoms with Crippen molar-refractivity contribution in [1.29, 1.82) is 0 Å². The summed E-state index contributed by atoms with van der Waals surface area (Å²) in [7, 11) is -6.18. The predicted molar refractivity (Wildman–Crippen MR) is 54.7 cm³/mol. The van der Waals surface area contributed by atoms with Gasteiger partial charge in [-0.2, -0.15) is 8.42 Å². The molecule has 0 spiro atoms. The first-order chi connectivity index (χ1) is 6.29. The highest BCUT2D eigenvalue weighted by molar-refractivity contribution is 8.22. The molecular weight excluding hydrogens is 230 g/mol. The van der Waals surface area contributed by atoms with Crippen LogP contribution >= 0.6 is 10.8 Å². The molecule has 1 rings (SSSR count). The first-order valence-corrected chi connectivity index (χ1v) is 7.69. The van der Waals surface area contributed by atoms with Crippen LogP contribution in [0.3, 0.4) is 0 Å². The van der Waals surface area contributed by atoms with E-state index in [9.17, 15) is 17.5 Å². The molecule has 0 saturated carbocycles. The monoisotopic (exact) mass is 245 g/mol. The second kappa shape index (κ2) is 4.33. The molecule has 0 aromatic heterocycles. The van der Waals surface area contributed by atoms with Gasteiger partial charge in [0, 0.05) is 0 Å². The average molecular weight is 245 g/mol. The number of rotatable bonds is 3. The summed E-state index contributed by atoms with van der Waals surface area (Å²) in [4.78, 5) is 0. The number of hydrogen-bond donors (Lipinski definition) is 3. The van der Waals surface area contributed by atoms with Gasteiger partial charge in [-0.25, -0.2) is 4.72 Å². The molecule has 1 aliphatic rings. The Bertz CT molecular complexity index is 289. The Balaban J connectivity index is 2.39. The molecule has 0 amide bonds. The van der Waals surface area contributed by atoms with Crippen LogP contribution in [0.2, 0.25) is 0 Å². The molecule has 0 aliphatic carbocycles. The van der Waals surface area contributed by atoms with Gasteiger partial charge in [-0.05, 0) is 12.8 Å². The third-order valence-corrected chi connectivity index (χ3v) is 3.95. The molecule has 1 unspecified atom stereocenters. The molecule has 1 aliphatic heterocycles. The fourth-order valence-electron chi connectivity index (χ4n) is 1.24. The lowest BCUT2D eigenvalue weighted by atomic mass is 10.2. The van der Waals surface area contributed by atoms with Crippen molar-refractivity contribution < 1.29 is 21.7 Å². The summed E-state index contributed by atoms with van der Waals surface area (Å²) in [6, 6.07) is -0.302. The minimum Gasteiger partial charge on any atom is -0.286 e. The smallest absolute Gasteiger partial charge is 0.264 e. The molecule has 1 atom stereocenters. The SMILES string of the molecule is CS(=O)(=O)OCC1CCCS(O)(O)N1. The van der Waals surface area contributed by atoms with Crippen molar-refractivity contribution in [2.24, 2.45) is 0 Å². The van der Waals surface area contributed by atoms with Crippen LogP contribution in [0, 0.1) is 0 Å². The molecule has 86 valence electrons. The van der Waals surface area contributed by atoms with Gasteiger partial charge >= 0.3 is 0 Å². The van der Waals surface area contributed by atoms with E-state index < -0.39 is 20.9 Å². The molecule has 1 fully saturated rings. The van der Waals surface area contributed by atoms with E-state index >= 15 is 0 Å². The normalized spacial score (nSPS) is 29.8. The van der Waals surface area contributed by atoms with Crippen molar-refractivity contribution in [3.05, 3.63) is 0 Å². The molecule has 3 N–H and O–H groups in total. The minimum atomic E-state index is -3.45. The Hall–Kier alpha value is 0.140. The summed E-state index contributed by atoms with van der Waals surface area (Å²) in [5, 5.41) is 0. The van der Waals surface area contributed by atoms with Gasteiger partial charge in [0.15, 0.2) is 0 Å². The van der Waals surface area contributed by atoms with Crippen LogP contribution in [0.4, 0.5) is 0 Å². The quantitative estimate of drug-likeness (QED) is 0.622. The second-order valence-corrected chi connectivity index (χ2v) is 6.94. The Morgan fingerprint density at radius 1 is 1.57 bits per heavy atom. The van der Waals surface area contributed by atoms with Gasteiger partial charge in [-0.15, -0.1) is 10.8 Å². The summed E-state index contributed by atoms with van der Waals surface area (Å²) in [6.07, 6.45) is 2.31. The number of hydrogen-bond acceptors (Lipinski definition) is 6. The topological polar surface area (TPSA) is 95.9 Å². The van der Waals surface area contributed by atoms with Gasteiger partial charge in [0.25, 0.3) is 10.1 Å². The highest BCUT2D eigenvalue weighted by atomic mass is 32.3. The summed E-state index contributed by atoms with van der Waals surface area (Å²) in [6.45, 7) is -0.0469. The summed E-state index contributed by atoms with van der Waals surface area (Å²) < 4.78 is 47.1. The zero-order chi connectivity index (χ0) is 10.8. The molecule has 8 heteroatoms. The Morgan fingerprint density at radius 2 is 2.21 bits per heavy atom. The second-order valence-electron chi connectivity index (χ2n) is 3.32. The van der Waals surface area contributed by atoms with Gasteiger partial charge in [0.05, 0.1) is 24.7 Å². The van der Waals surface area contributed by atoms with Crippen LogP contribution < -0.4 is 4.72 Å². The lowest BCUT2D eigenvalue weighted by Crippen LogP contribution is -2.41. The zero-order valence-electron chi connectivity index (χ0n) is 7.84. The molecule has 14 heavy (non-hydrogen) atoms. The molecule has 0 bridgehead atoms. The maximum absolute atomic E-state index is 10.7. The van der Waals surface area contributed by atoms with Crippen molar-refractivity contribution in [3.8, 4) is 0 Å². The summed E-state index contributed by atoms with van der Waals surface area (Å²) in [5.41, 5.74) is 0. The highest BCUT2D eigenvalue weighted by Gasteiger charge is 2.25. The summed E-state index contributed by atoms with van der Waals surface area (Å²) in [5.74, 6) is 0.322. The van der Waals surface area contributed by atoms with E-state index in [1.54, 1.807) is 0 Å². The molecule has 6 nitrogen and oxygen atoms in total. The van der Waals surface area contributed by atoms with E-state index in [1.807, 2.05) is 0 Å². The van der Waals surface area contributed by atoms with Crippen LogP contribution in [0.15, 0.2) is 0 Å². The lowest BCUT2D eigenvalue weighted by Gasteiger charge is -2.40. The van der Waals surface area contributed by atoms with E-state index in [4.69, 9.17) is 0 Å². The molecule has 0 aromatic carbocycles. The Morgan fingerprint density at radius 3 is 2.71 bits per heavy atom. The molecule has 0 aromatic rings. The van der Waals surface area contributed by atoms with Gasteiger partial charge in [-0.3, -0.25) is 13.3 Å². The van der Waals surface area contributed by atoms with E-state index in [0.29, 0.717) is 18.6 Å². The van der Waals surface area contributed by atoms with Crippen molar-refractivity contribution >= 4 is 20.9 Å². The van der Waals surface area contributed by atoms with E-state index in [1.165, 1.54) is 0 Å². The van der Waals surface area contributed by atoms with Crippen molar-refractivity contribution in [2.75, 3.05) is 18.6 Å². The van der Waals surface area contributed by atoms with Crippen molar-refractivity contribution in [2.45, 2.75) is 18.9 Å². The largest absolute Gasteiger partial charge is 0.286 e. The molecule has 1 saturated heterocycles. The maximum atomic E-state index is 10.7. The molecule has 1 heterocycles. The van der Waals surface area contributed by atoms with Gasteiger partial charge < -0.3 is 0 Å². The highest BCUT2D eigenvalue weighted by Crippen LogP contribution is 2.39. The summed E-state index contributed by atoms with van der Waals surface area (Å²) >= 11 is 0. The maximum Gasteiger partial charge on any atom is 0.264 e. The number of nitrogens with one attached hydrogen (secondary N) is 1. The van der Waals surface area contributed by atoms with Gasteiger partial charge in [0.2, 0.25) is 0 Å². The average Bonchev–Trinajstić information content (AvgIpc) is 1.98. The van der Waals surface area contributed by atoms with Gasteiger partial charge in [-0.1, -0.05) is 0 Å². The predicted octanol–water partition coefficient (Wildman–Crippen LogP) is 0.380. The lowest BCUT2D eigenvalue weighted by molar-refractivity contribution is 0.267. The van der Waals surface area contributed by atoms with Crippen LogP contribution in [0.25, 0.3) is 0 Å². The first-order valence-electron chi connectivity index (χ1n) is 4.16. The Labute approximate surface area is 85.3 Å².